The molecule has 0 aliphatic rings. The summed E-state index contributed by atoms with van der Waals surface area (Å²) in [7, 11) is 0. The molecule has 2 amide bonds. The normalized spacial score (nSPS) is 15.8. The van der Waals surface area contributed by atoms with E-state index in [0.717, 1.165) is 0 Å². The summed E-state index contributed by atoms with van der Waals surface area (Å²) in [6, 6.07) is -3.08. The Bertz CT molecular complexity index is 494. The van der Waals surface area contributed by atoms with E-state index in [9.17, 15) is 19.2 Å². The first kappa shape index (κ1) is 22.8. The maximum atomic E-state index is 12.4. The summed E-state index contributed by atoms with van der Waals surface area (Å²) in [5.41, 5.74) is 5.85. The molecule has 0 spiro atoms. The van der Waals surface area contributed by atoms with Crippen LogP contribution in [-0.4, -0.2) is 52.1 Å². The minimum atomic E-state index is -1.34. The number of hydrogen-bond acceptors (Lipinski definition) is 5. The molecule has 4 atom stereocenters. The van der Waals surface area contributed by atoms with Crippen LogP contribution in [0.3, 0.4) is 0 Å². The van der Waals surface area contributed by atoms with Crippen LogP contribution in [0.2, 0.25) is 0 Å². The third-order valence-electron chi connectivity index (χ3n) is 4.07. The molecule has 144 valence electrons. The molecule has 4 unspecified atom stereocenters. The Kier molecular flexibility index (Phi) is 9.73. The van der Waals surface area contributed by atoms with Gasteiger partial charge in [0.25, 0.3) is 0 Å². The molecule has 0 aromatic carbocycles. The Labute approximate surface area is 147 Å². The lowest BCUT2D eigenvalue weighted by molar-refractivity contribution is -0.143. The van der Waals surface area contributed by atoms with E-state index in [2.05, 4.69) is 10.6 Å². The predicted molar refractivity (Wildman–Crippen MR) is 90.6 cm³/mol. The lowest BCUT2D eigenvalue weighted by atomic mass is 9.97. The van der Waals surface area contributed by atoms with Gasteiger partial charge in [-0.1, -0.05) is 34.1 Å². The van der Waals surface area contributed by atoms with E-state index in [4.69, 9.17) is 15.9 Å². The van der Waals surface area contributed by atoms with Crippen LogP contribution < -0.4 is 16.4 Å². The van der Waals surface area contributed by atoms with Gasteiger partial charge in [-0.3, -0.25) is 14.4 Å². The summed E-state index contributed by atoms with van der Waals surface area (Å²) >= 11 is 0. The molecule has 0 aliphatic carbocycles. The van der Waals surface area contributed by atoms with Crippen molar-refractivity contribution in [3.05, 3.63) is 0 Å². The molecular weight excluding hydrogens is 330 g/mol. The maximum Gasteiger partial charge on any atom is 0.326 e. The number of carboxylic acids is 2. The zero-order valence-corrected chi connectivity index (χ0v) is 15.1. The van der Waals surface area contributed by atoms with Crippen LogP contribution in [-0.2, 0) is 19.2 Å². The minimum absolute atomic E-state index is 0.0711. The Morgan fingerprint density at radius 2 is 1.56 bits per heavy atom. The highest BCUT2D eigenvalue weighted by atomic mass is 16.4. The summed E-state index contributed by atoms with van der Waals surface area (Å²) in [6.45, 7) is 7.12. The van der Waals surface area contributed by atoms with Gasteiger partial charge in [-0.2, -0.15) is 0 Å². The highest BCUT2D eigenvalue weighted by Crippen LogP contribution is 2.09. The van der Waals surface area contributed by atoms with Crippen LogP contribution in [0.25, 0.3) is 0 Å². The first-order valence-corrected chi connectivity index (χ1v) is 8.32. The van der Waals surface area contributed by atoms with Crippen LogP contribution in [0, 0.1) is 11.8 Å². The van der Waals surface area contributed by atoms with E-state index in [1.165, 1.54) is 0 Å². The van der Waals surface area contributed by atoms with E-state index >= 15 is 0 Å². The second kappa shape index (κ2) is 10.7. The van der Waals surface area contributed by atoms with Gasteiger partial charge in [-0.05, 0) is 18.3 Å². The Hall–Kier alpha value is -2.16. The smallest absolute Gasteiger partial charge is 0.326 e. The van der Waals surface area contributed by atoms with Gasteiger partial charge < -0.3 is 26.6 Å². The third kappa shape index (κ3) is 7.97. The van der Waals surface area contributed by atoms with Gasteiger partial charge in [-0.25, -0.2) is 4.79 Å². The molecule has 9 heteroatoms. The molecule has 0 heterocycles. The zero-order valence-electron chi connectivity index (χ0n) is 15.1. The number of nitrogens with one attached hydrogen (secondary N) is 2. The van der Waals surface area contributed by atoms with E-state index in [1.54, 1.807) is 13.8 Å². The molecule has 25 heavy (non-hydrogen) atoms. The second-order valence-electron chi connectivity index (χ2n) is 6.47. The minimum Gasteiger partial charge on any atom is -0.481 e. The summed E-state index contributed by atoms with van der Waals surface area (Å²) in [5.74, 6) is -4.04. The average Bonchev–Trinajstić information content (AvgIpc) is 2.53. The molecule has 0 radical (unpaired) electrons. The third-order valence-corrected chi connectivity index (χ3v) is 4.07. The summed E-state index contributed by atoms with van der Waals surface area (Å²) in [6.07, 6.45) is 0.0554. The van der Waals surface area contributed by atoms with Crippen LogP contribution in [0.5, 0.6) is 0 Å². The monoisotopic (exact) mass is 359 g/mol. The maximum absolute atomic E-state index is 12.4. The van der Waals surface area contributed by atoms with Crippen LogP contribution >= 0.6 is 0 Å². The van der Waals surface area contributed by atoms with E-state index in [-0.39, 0.29) is 18.3 Å². The standard InChI is InChI=1S/C16H29N3O6/c1-5-9(4)12(17)14(22)19-13(8(2)3)15(23)18-10(16(24)25)6-7-11(20)21/h8-10,12-13H,5-7,17H2,1-4H3,(H,18,23)(H,19,22)(H,20,21)(H,24,25). The van der Waals surface area contributed by atoms with Gasteiger partial charge >= 0.3 is 11.9 Å². The predicted octanol–water partition coefficient (Wildman–Crippen LogP) is -0.0652. The number of hydrogen-bond donors (Lipinski definition) is 5. The molecule has 9 nitrogen and oxygen atoms in total. The molecule has 0 aliphatic heterocycles. The van der Waals surface area contributed by atoms with Crippen LogP contribution in [0.1, 0.15) is 47.0 Å². The molecule has 0 bridgehead atoms. The summed E-state index contributed by atoms with van der Waals surface area (Å²) in [4.78, 5) is 46.3. The van der Waals surface area contributed by atoms with Gasteiger partial charge in [0.15, 0.2) is 0 Å². The molecule has 0 aromatic rings. The van der Waals surface area contributed by atoms with Gasteiger partial charge in [0, 0.05) is 6.42 Å². The number of amides is 2. The SMILES string of the molecule is CCC(C)C(N)C(=O)NC(C(=O)NC(CCC(=O)O)C(=O)O)C(C)C. The Morgan fingerprint density at radius 3 is 1.96 bits per heavy atom. The van der Waals surface area contributed by atoms with Gasteiger partial charge in [0.2, 0.25) is 11.8 Å². The van der Waals surface area contributed by atoms with Crippen molar-refractivity contribution in [2.75, 3.05) is 0 Å². The number of rotatable bonds is 11. The van der Waals surface area contributed by atoms with Crippen molar-refractivity contribution in [1.82, 2.24) is 10.6 Å². The first-order chi connectivity index (χ1) is 11.5. The highest BCUT2D eigenvalue weighted by molar-refractivity contribution is 5.92. The molecular formula is C16H29N3O6. The van der Waals surface area contributed by atoms with Crippen molar-refractivity contribution < 1.29 is 29.4 Å². The summed E-state index contributed by atoms with van der Waals surface area (Å²) in [5, 5.41) is 22.6. The van der Waals surface area contributed by atoms with Crippen molar-refractivity contribution in [3.63, 3.8) is 0 Å². The van der Waals surface area contributed by atoms with Crippen LogP contribution in [0.4, 0.5) is 0 Å². The molecule has 0 rings (SSSR count). The number of carbonyl (C=O) groups is 4. The number of carbonyl (C=O) groups excluding carboxylic acids is 2. The van der Waals surface area contributed by atoms with Crippen molar-refractivity contribution in [1.29, 1.82) is 0 Å². The van der Waals surface area contributed by atoms with Gasteiger partial charge in [-0.15, -0.1) is 0 Å². The molecule has 0 saturated heterocycles. The van der Waals surface area contributed by atoms with Crippen molar-refractivity contribution >= 4 is 23.8 Å². The quantitative estimate of drug-likeness (QED) is 0.345. The average molecular weight is 359 g/mol. The fourth-order valence-corrected chi connectivity index (χ4v) is 2.08. The van der Waals surface area contributed by atoms with E-state index < -0.39 is 48.3 Å². The fraction of sp³-hybridized carbons (Fsp3) is 0.750. The lowest BCUT2D eigenvalue weighted by Crippen LogP contribution is -2.57. The van der Waals surface area contributed by atoms with Crippen LogP contribution in [0.15, 0.2) is 0 Å². The van der Waals surface area contributed by atoms with Gasteiger partial charge in [0.05, 0.1) is 6.04 Å². The molecule has 0 aromatic heterocycles. The Morgan fingerprint density at radius 1 is 1.00 bits per heavy atom. The molecule has 0 fully saturated rings. The fourth-order valence-electron chi connectivity index (χ4n) is 2.08. The second-order valence-corrected chi connectivity index (χ2v) is 6.47. The first-order valence-electron chi connectivity index (χ1n) is 8.32. The lowest BCUT2D eigenvalue weighted by Gasteiger charge is -2.26. The number of aliphatic carboxylic acids is 2. The van der Waals surface area contributed by atoms with Crippen molar-refractivity contribution in [3.8, 4) is 0 Å². The van der Waals surface area contributed by atoms with E-state index in [1.807, 2.05) is 13.8 Å². The molecule has 6 N–H and O–H groups in total. The summed E-state index contributed by atoms with van der Waals surface area (Å²) < 4.78 is 0. The highest BCUT2D eigenvalue weighted by Gasteiger charge is 2.31. The largest absolute Gasteiger partial charge is 0.481 e. The molecule has 0 saturated carbocycles. The van der Waals surface area contributed by atoms with Crippen molar-refractivity contribution in [2.45, 2.75) is 65.1 Å². The number of carboxylic acid groups (broad SMARTS) is 2. The van der Waals surface area contributed by atoms with Crippen molar-refractivity contribution in [2.24, 2.45) is 17.6 Å². The number of nitrogens with two attached hydrogens (primary N) is 1. The van der Waals surface area contributed by atoms with Gasteiger partial charge in [0.1, 0.15) is 12.1 Å². The zero-order chi connectivity index (χ0) is 19.7. The Balaban J connectivity index is 5.00. The van der Waals surface area contributed by atoms with E-state index in [0.29, 0.717) is 6.42 Å². The topological polar surface area (TPSA) is 159 Å².